The van der Waals surface area contributed by atoms with Crippen LogP contribution in [0.5, 0.6) is 0 Å². The summed E-state index contributed by atoms with van der Waals surface area (Å²) >= 11 is 0. The minimum Gasteiger partial charge on any atom is -0.462 e. The number of carbonyl (C=O) groups excluding carboxylic acids is 4. The lowest BCUT2D eigenvalue weighted by atomic mass is 10.0. The molecular weight excluding hydrogens is 1230 g/mol. The smallest absolute Gasteiger partial charge is 0.462 e. The number of phosphoric ester groups is 2. The molecular formula is C75H146O17P2. The van der Waals surface area contributed by atoms with Gasteiger partial charge in [0.25, 0.3) is 0 Å². The summed E-state index contributed by atoms with van der Waals surface area (Å²) in [5, 5.41) is 10.6. The molecule has 0 saturated carbocycles. The Kier molecular flexibility index (Phi) is 64.3. The Morgan fingerprint density at radius 1 is 0.287 bits per heavy atom. The number of hydrogen-bond donors (Lipinski definition) is 3. The highest BCUT2D eigenvalue weighted by Gasteiger charge is 2.30. The molecule has 0 aliphatic heterocycles. The van der Waals surface area contributed by atoms with E-state index >= 15 is 0 Å². The van der Waals surface area contributed by atoms with Crippen LogP contribution >= 0.6 is 15.6 Å². The predicted molar refractivity (Wildman–Crippen MR) is 381 cm³/mol. The van der Waals surface area contributed by atoms with Crippen LogP contribution in [0, 0.1) is 17.8 Å². The Bertz CT molecular complexity index is 1840. The molecule has 94 heavy (non-hydrogen) atoms. The SMILES string of the molecule is CCCCCCCCCCCCC(=O)OC[C@H](COP(=O)(O)OC[C@H](O)COP(=O)(O)OC[C@@H](COC(=O)CCCCCCCCCCCCCCCC(C)C)OC(=O)CCCCCCCCCCCCCCCC(C)C)OC(=O)CCCCCCCCCCCC(C)C. The van der Waals surface area contributed by atoms with Crippen molar-refractivity contribution in [2.45, 2.75) is 401 Å². The summed E-state index contributed by atoms with van der Waals surface area (Å²) in [5.41, 5.74) is 0. The van der Waals surface area contributed by atoms with E-state index in [2.05, 4.69) is 48.5 Å². The standard InChI is InChI=1S/C75H146O17P2/c1-8-9-10-11-12-13-28-35-42-49-56-72(77)85-62-71(92-75(80)59-52-45-38-31-24-27-34-41-48-55-68(6)7)65-90-94(83,84)88-61-69(76)60-87-93(81,82)89-64-70(91-74(79)58-51-44-37-30-23-19-15-17-21-26-33-40-47-54-67(4)5)63-86-73(78)57-50-43-36-29-22-18-14-16-20-25-32-39-46-53-66(2)3/h66-71,76H,8-65H2,1-7H3,(H,81,82)(H,83,84)/t69-,70-,71-/m1/s1. The summed E-state index contributed by atoms with van der Waals surface area (Å²) in [4.78, 5) is 72.8. The van der Waals surface area contributed by atoms with Crippen molar-refractivity contribution in [2.24, 2.45) is 17.8 Å². The van der Waals surface area contributed by atoms with Gasteiger partial charge in [-0.05, 0) is 43.4 Å². The van der Waals surface area contributed by atoms with E-state index in [9.17, 15) is 43.2 Å². The second kappa shape index (κ2) is 65.7. The molecule has 3 N–H and O–H groups in total. The summed E-state index contributed by atoms with van der Waals surface area (Å²) in [6, 6.07) is 0. The number of esters is 4. The average molecular weight is 1380 g/mol. The fraction of sp³-hybridized carbons (Fsp3) is 0.947. The number of hydrogen-bond acceptors (Lipinski definition) is 15. The third-order valence-corrected chi connectivity index (χ3v) is 19.3. The van der Waals surface area contributed by atoms with E-state index in [1.165, 1.54) is 193 Å². The maximum atomic E-state index is 13.1. The third-order valence-electron chi connectivity index (χ3n) is 17.4. The summed E-state index contributed by atoms with van der Waals surface area (Å²) in [7, 11) is -9.91. The number of rotatable bonds is 73. The third kappa shape index (κ3) is 68.6. The first-order chi connectivity index (χ1) is 45.2. The average Bonchev–Trinajstić information content (AvgIpc) is 2.66. The lowest BCUT2D eigenvalue weighted by Crippen LogP contribution is -2.30. The highest BCUT2D eigenvalue weighted by Crippen LogP contribution is 2.45. The normalized spacial score (nSPS) is 14.1. The second-order valence-electron chi connectivity index (χ2n) is 28.5. The maximum absolute atomic E-state index is 13.1. The van der Waals surface area contributed by atoms with E-state index in [-0.39, 0.29) is 25.7 Å². The Labute approximate surface area is 575 Å². The van der Waals surface area contributed by atoms with Crippen LogP contribution in [0.4, 0.5) is 0 Å². The Morgan fingerprint density at radius 2 is 0.489 bits per heavy atom. The molecule has 0 amide bonds. The van der Waals surface area contributed by atoms with Crippen LogP contribution in [0.1, 0.15) is 382 Å². The summed E-state index contributed by atoms with van der Waals surface area (Å²) < 4.78 is 68.5. The van der Waals surface area contributed by atoms with Gasteiger partial charge in [-0.3, -0.25) is 37.3 Å². The molecule has 0 fully saturated rings. The number of aliphatic hydroxyl groups excluding tert-OH is 1. The van der Waals surface area contributed by atoms with Crippen LogP contribution in [0.15, 0.2) is 0 Å². The van der Waals surface area contributed by atoms with E-state index in [1.54, 1.807) is 0 Å². The molecule has 0 rings (SSSR count). The predicted octanol–water partition coefficient (Wildman–Crippen LogP) is 21.8. The van der Waals surface area contributed by atoms with Crippen molar-refractivity contribution < 1.29 is 80.2 Å². The molecule has 0 radical (unpaired) electrons. The van der Waals surface area contributed by atoms with Crippen molar-refractivity contribution in [1.82, 2.24) is 0 Å². The minimum atomic E-state index is -4.96. The fourth-order valence-corrected chi connectivity index (χ4v) is 13.0. The van der Waals surface area contributed by atoms with Crippen LogP contribution in [0.3, 0.4) is 0 Å². The largest absolute Gasteiger partial charge is 0.472 e. The number of phosphoric acid groups is 2. The number of ether oxygens (including phenoxy) is 4. The highest BCUT2D eigenvalue weighted by atomic mass is 31.2. The van der Waals surface area contributed by atoms with Crippen LogP contribution in [0.2, 0.25) is 0 Å². The molecule has 558 valence electrons. The van der Waals surface area contributed by atoms with Gasteiger partial charge in [-0.25, -0.2) is 9.13 Å². The molecule has 2 unspecified atom stereocenters. The lowest BCUT2D eigenvalue weighted by Gasteiger charge is -2.21. The molecule has 0 aromatic carbocycles. The zero-order valence-corrected chi connectivity index (χ0v) is 63.2. The van der Waals surface area contributed by atoms with E-state index < -0.39 is 97.5 Å². The number of aliphatic hydroxyl groups is 1. The Balaban J connectivity index is 5.25. The quantitative estimate of drug-likeness (QED) is 0.0222. The van der Waals surface area contributed by atoms with E-state index in [1.807, 2.05) is 0 Å². The molecule has 0 heterocycles. The van der Waals surface area contributed by atoms with E-state index in [0.717, 1.165) is 108 Å². The molecule has 5 atom stereocenters. The van der Waals surface area contributed by atoms with Gasteiger partial charge >= 0.3 is 39.5 Å². The van der Waals surface area contributed by atoms with Gasteiger partial charge in [-0.1, -0.05) is 331 Å². The molecule has 0 aromatic heterocycles. The van der Waals surface area contributed by atoms with Crippen molar-refractivity contribution in [3.05, 3.63) is 0 Å². The molecule has 0 aromatic rings. The van der Waals surface area contributed by atoms with Crippen molar-refractivity contribution in [2.75, 3.05) is 39.6 Å². The summed E-state index contributed by atoms with van der Waals surface area (Å²) in [6.07, 6.45) is 51.3. The van der Waals surface area contributed by atoms with E-state index in [0.29, 0.717) is 25.7 Å². The van der Waals surface area contributed by atoms with Gasteiger partial charge in [-0.2, -0.15) is 0 Å². The first-order valence-corrected chi connectivity index (χ1v) is 41.8. The molecule has 0 spiro atoms. The second-order valence-corrected chi connectivity index (χ2v) is 31.4. The van der Waals surface area contributed by atoms with Gasteiger partial charge in [0.15, 0.2) is 12.2 Å². The van der Waals surface area contributed by atoms with Crippen LogP contribution in [-0.4, -0.2) is 96.7 Å². The first kappa shape index (κ1) is 92.1. The Morgan fingerprint density at radius 3 is 0.723 bits per heavy atom. The maximum Gasteiger partial charge on any atom is 0.472 e. The molecule has 0 bridgehead atoms. The van der Waals surface area contributed by atoms with Gasteiger partial charge in [0.2, 0.25) is 0 Å². The highest BCUT2D eigenvalue weighted by molar-refractivity contribution is 7.47. The van der Waals surface area contributed by atoms with Crippen molar-refractivity contribution in [3.8, 4) is 0 Å². The molecule has 0 saturated heterocycles. The van der Waals surface area contributed by atoms with E-state index in [4.69, 9.17) is 37.0 Å². The van der Waals surface area contributed by atoms with Crippen molar-refractivity contribution >= 4 is 39.5 Å². The molecule has 17 nitrogen and oxygen atoms in total. The van der Waals surface area contributed by atoms with Crippen molar-refractivity contribution in [3.63, 3.8) is 0 Å². The van der Waals surface area contributed by atoms with Crippen LogP contribution < -0.4 is 0 Å². The van der Waals surface area contributed by atoms with Crippen LogP contribution in [-0.2, 0) is 65.4 Å². The monoisotopic (exact) mass is 1380 g/mol. The van der Waals surface area contributed by atoms with Gasteiger partial charge in [0.1, 0.15) is 19.3 Å². The van der Waals surface area contributed by atoms with Crippen LogP contribution in [0.25, 0.3) is 0 Å². The minimum absolute atomic E-state index is 0.105. The van der Waals surface area contributed by atoms with Gasteiger partial charge < -0.3 is 33.8 Å². The number of unbranched alkanes of at least 4 members (excludes halogenated alkanes) is 41. The Hall–Kier alpha value is -1.94. The summed E-state index contributed by atoms with van der Waals surface area (Å²) in [6.45, 7) is 11.9. The number of carbonyl (C=O) groups is 4. The molecule has 0 aliphatic carbocycles. The van der Waals surface area contributed by atoms with Gasteiger partial charge in [0, 0.05) is 25.7 Å². The topological polar surface area (TPSA) is 237 Å². The summed E-state index contributed by atoms with van der Waals surface area (Å²) in [5.74, 6) is 0.195. The first-order valence-electron chi connectivity index (χ1n) is 38.8. The lowest BCUT2D eigenvalue weighted by molar-refractivity contribution is -0.161. The van der Waals surface area contributed by atoms with Gasteiger partial charge in [-0.15, -0.1) is 0 Å². The van der Waals surface area contributed by atoms with Crippen molar-refractivity contribution in [1.29, 1.82) is 0 Å². The molecule has 19 heteroatoms. The van der Waals surface area contributed by atoms with Gasteiger partial charge in [0.05, 0.1) is 26.4 Å². The zero-order chi connectivity index (χ0) is 69.4. The molecule has 0 aliphatic rings. The fourth-order valence-electron chi connectivity index (χ4n) is 11.4. The zero-order valence-electron chi connectivity index (χ0n) is 61.4.